The predicted octanol–water partition coefficient (Wildman–Crippen LogP) is 8.19. The minimum atomic E-state index is -1.94. The van der Waals surface area contributed by atoms with E-state index in [1.165, 1.54) is 36.7 Å². The summed E-state index contributed by atoms with van der Waals surface area (Å²) in [4.78, 5) is 27.7. The van der Waals surface area contributed by atoms with Gasteiger partial charge in [-0.1, -0.05) is 35.9 Å². The Labute approximate surface area is 326 Å². The summed E-state index contributed by atoms with van der Waals surface area (Å²) >= 11 is 8.19. The standard InChI is InChI=1S/C40H41ClF2N6O5S/c1-5-49-26(14-15-46-49)22-52-29-9-7-6-8-28(29)36(43)37(25(3)50)54-39-34-33(38(31-12-13-32(42)53-31)55-40(34)45-23-44-39)27-10-11-30(35(41)24(27)2)51-21-20-48-18-16-47(4)17-19-48/h6-15,23,36-37H,5,16-22H2,1-4H3/t36-,37-/m1/s1. The molecule has 7 rings (SSSR count). The second-order valence-electron chi connectivity index (χ2n) is 13.3. The minimum Gasteiger partial charge on any atom is -0.491 e. The van der Waals surface area contributed by atoms with E-state index in [2.05, 4.69) is 31.9 Å². The number of hydrogen-bond acceptors (Lipinski definition) is 11. The number of nitrogens with zero attached hydrogens (tertiary/aromatic N) is 6. The first-order valence-electron chi connectivity index (χ1n) is 18.0. The number of benzene rings is 2. The zero-order valence-electron chi connectivity index (χ0n) is 30.9. The van der Waals surface area contributed by atoms with Crippen LogP contribution in [-0.4, -0.2) is 87.8 Å². The van der Waals surface area contributed by atoms with Crippen molar-refractivity contribution in [3.63, 3.8) is 0 Å². The average Bonchev–Trinajstić information content (AvgIpc) is 3.94. The molecule has 0 unspecified atom stereocenters. The van der Waals surface area contributed by atoms with E-state index in [0.717, 1.165) is 38.4 Å². The van der Waals surface area contributed by atoms with Crippen molar-refractivity contribution in [3.05, 3.63) is 95.0 Å². The average molecular weight is 791 g/mol. The Balaban J connectivity index is 1.23. The van der Waals surface area contributed by atoms with Gasteiger partial charge in [-0.15, -0.1) is 11.3 Å². The minimum absolute atomic E-state index is 0.0364. The summed E-state index contributed by atoms with van der Waals surface area (Å²) in [6.45, 7) is 11.1. The molecule has 15 heteroatoms. The summed E-state index contributed by atoms with van der Waals surface area (Å²) in [5.41, 5.74) is 2.80. The van der Waals surface area contributed by atoms with Crippen molar-refractivity contribution in [1.82, 2.24) is 29.5 Å². The van der Waals surface area contributed by atoms with E-state index in [4.69, 9.17) is 30.2 Å². The molecule has 4 aromatic heterocycles. The van der Waals surface area contributed by atoms with Gasteiger partial charge < -0.3 is 23.5 Å². The van der Waals surface area contributed by atoms with Crippen LogP contribution in [0.15, 0.2) is 71.5 Å². The van der Waals surface area contributed by atoms with Crippen molar-refractivity contribution in [3.8, 4) is 39.1 Å². The fourth-order valence-corrected chi connectivity index (χ4v) is 7.98. The number of ether oxygens (including phenoxy) is 3. The largest absolute Gasteiger partial charge is 0.491 e. The number of thiophene rings is 1. The van der Waals surface area contributed by atoms with E-state index < -0.39 is 24.1 Å². The monoisotopic (exact) mass is 790 g/mol. The summed E-state index contributed by atoms with van der Waals surface area (Å²) in [5.74, 6) is 0.417. The number of para-hydroxylation sites is 1. The number of halogens is 3. The molecular weight excluding hydrogens is 750 g/mol. The number of fused-ring (bicyclic) bond motifs is 1. The predicted molar refractivity (Wildman–Crippen MR) is 207 cm³/mol. The third kappa shape index (κ3) is 8.23. The van der Waals surface area contributed by atoms with Crippen LogP contribution in [0.2, 0.25) is 5.02 Å². The first kappa shape index (κ1) is 38.4. The van der Waals surface area contributed by atoms with Crippen molar-refractivity contribution in [2.45, 2.75) is 46.2 Å². The number of piperazine rings is 1. The van der Waals surface area contributed by atoms with Crippen LogP contribution in [0.4, 0.5) is 8.78 Å². The first-order chi connectivity index (χ1) is 26.6. The molecule has 288 valence electrons. The number of aryl methyl sites for hydroxylation is 1. The molecule has 0 saturated carbocycles. The number of carbonyl (C=O) groups excluding carboxylic acids is 1. The van der Waals surface area contributed by atoms with Gasteiger partial charge in [0, 0.05) is 62.7 Å². The van der Waals surface area contributed by atoms with Crippen LogP contribution in [0.5, 0.6) is 17.4 Å². The number of likely N-dealkylation sites (N-methyl/N-ethyl adjacent to an activating group) is 1. The lowest BCUT2D eigenvalue weighted by molar-refractivity contribution is -0.126. The maximum atomic E-state index is 16.7. The molecule has 1 aliphatic rings. The van der Waals surface area contributed by atoms with E-state index in [9.17, 15) is 9.18 Å². The number of hydrogen-bond donors (Lipinski definition) is 0. The lowest BCUT2D eigenvalue weighted by Crippen LogP contribution is -2.45. The maximum Gasteiger partial charge on any atom is 0.278 e. The number of aromatic nitrogens is 4. The quantitative estimate of drug-likeness (QED) is 0.101. The van der Waals surface area contributed by atoms with E-state index in [0.29, 0.717) is 55.7 Å². The molecule has 0 aliphatic carbocycles. The van der Waals surface area contributed by atoms with Gasteiger partial charge in [-0.25, -0.2) is 14.4 Å². The van der Waals surface area contributed by atoms with Crippen molar-refractivity contribution < 1.29 is 32.2 Å². The van der Waals surface area contributed by atoms with Crippen LogP contribution < -0.4 is 14.2 Å². The van der Waals surface area contributed by atoms with Gasteiger partial charge in [0.1, 0.15) is 41.6 Å². The molecule has 0 bridgehead atoms. The fraction of sp³-hybridized carbons (Fsp3) is 0.350. The van der Waals surface area contributed by atoms with Gasteiger partial charge in [-0.3, -0.25) is 14.4 Å². The van der Waals surface area contributed by atoms with Crippen LogP contribution in [0, 0.1) is 12.9 Å². The topological polar surface area (TPSA) is 108 Å². The molecule has 1 aliphatic heterocycles. The molecule has 1 saturated heterocycles. The van der Waals surface area contributed by atoms with Gasteiger partial charge in [0.15, 0.2) is 18.1 Å². The molecule has 11 nitrogen and oxygen atoms in total. The van der Waals surface area contributed by atoms with Crippen molar-refractivity contribution in [2.75, 3.05) is 46.4 Å². The van der Waals surface area contributed by atoms with Crippen LogP contribution in [-0.2, 0) is 17.9 Å². The van der Waals surface area contributed by atoms with Gasteiger partial charge in [-0.05, 0) is 63.2 Å². The van der Waals surface area contributed by atoms with E-state index >= 15 is 4.39 Å². The molecule has 0 amide bonds. The molecule has 2 aromatic carbocycles. The summed E-state index contributed by atoms with van der Waals surface area (Å²) in [5, 5.41) is 5.05. The third-order valence-electron chi connectivity index (χ3n) is 9.73. The Morgan fingerprint density at radius 3 is 2.58 bits per heavy atom. The lowest BCUT2D eigenvalue weighted by atomic mass is 9.97. The number of Topliss-reactive ketones (excluding diaryl/α,β-unsaturated/α-hetero) is 1. The highest BCUT2D eigenvalue weighted by molar-refractivity contribution is 7.22. The number of rotatable bonds is 15. The van der Waals surface area contributed by atoms with Crippen LogP contribution in [0.1, 0.15) is 36.8 Å². The lowest BCUT2D eigenvalue weighted by Gasteiger charge is -2.32. The molecule has 0 radical (unpaired) electrons. The Kier molecular flexibility index (Phi) is 11.8. The SMILES string of the molecule is CCn1nccc1COc1ccccc1[C@@H](F)[C@H](Oc1ncnc2sc(-c3ccc(F)o3)c(-c3ccc(OCCN4CCN(C)CC4)c(Cl)c3C)c12)C(C)=O. The highest BCUT2D eigenvalue weighted by Crippen LogP contribution is 2.50. The number of furan rings is 1. The van der Waals surface area contributed by atoms with E-state index in [-0.39, 0.29) is 29.6 Å². The van der Waals surface area contributed by atoms with E-state index in [1.54, 1.807) is 41.2 Å². The van der Waals surface area contributed by atoms with E-state index in [1.807, 2.05) is 26.0 Å². The Bertz CT molecular complexity index is 2290. The normalized spacial score (nSPS) is 15.0. The molecule has 2 atom stereocenters. The maximum absolute atomic E-state index is 16.7. The van der Waals surface area contributed by atoms with Crippen LogP contribution >= 0.6 is 22.9 Å². The molecule has 55 heavy (non-hydrogen) atoms. The summed E-state index contributed by atoms with van der Waals surface area (Å²) in [6, 6.07) is 14.0. The Hall–Kier alpha value is -4.89. The van der Waals surface area contributed by atoms with Gasteiger partial charge >= 0.3 is 0 Å². The van der Waals surface area contributed by atoms with Gasteiger partial charge in [-0.2, -0.15) is 9.49 Å². The van der Waals surface area contributed by atoms with Crippen molar-refractivity contribution in [2.24, 2.45) is 0 Å². The highest BCUT2D eigenvalue weighted by Gasteiger charge is 2.34. The number of ketones is 1. The zero-order chi connectivity index (χ0) is 38.6. The summed E-state index contributed by atoms with van der Waals surface area (Å²) < 4.78 is 56.8. The molecular formula is C40H41ClF2N6O5S. The second kappa shape index (κ2) is 16.9. The zero-order valence-corrected chi connectivity index (χ0v) is 32.5. The summed E-state index contributed by atoms with van der Waals surface area (Å²) in [7, 11) is 2.12. The molecule has 6 aromatic rings. The Morgan fingerprint density at radius 2 is 1.84 bits per heavy atom. The van der Waals surface area contributed by atoms with Gasteiger partial charge in [0.05, 0.1) is 21.0 Å². The van der Waals surface area contributed by atoms with Crippen LogP contribution in [0.25, 0.3) is 32.0 Å². The second-order valence-corrected chi connectivity index (χ2v) is 14.7. The summed E-state index contributed by atoms with van der Waals surface area (Å²) in [6.07, 6.45) is -0.592. The van der Waals surface area contributed by atoms with Gasteiger partial charge in [0.25, 0.3) is 6.01 Å². The first-order valence-corrected chi connectivity index (χ1v) is 19.2. The van der Waals surface area contributed by atoms with Gasteiger partial charge in [0.2, 0.25) is 5.88 Å². The molecule has 1 fully saturated rings. The number of carbonyl (C=O) groups is 1. The molecule has 0 N–H and O–H groups in total. The van der Waals surface area contributed by atoms with Crippen molar-refractivity contribution in [1.29, 1.82) is 0 Å². The Morgan fingerprint density at radius 1 is 1.04 bits per heavy atom. The van der Waals surface area contributed by atoms with Crippen molar-refractivity contribution >= 4 is 38.9 Å². The molecule has 5 heterocycles. The fourth-order valence-electron chi connectivity index (χ4n) is 6.65. The van der Waals surface area contributed by atoms with Crippen LogP contribution in [0.3, 0.4) is 0 Å². The highest BCUT2D eigenvalue weighted by atomic mass is 35.5. The third-order valence-corrected chi connectivity index (χ3v) is 11.3. The number of alkyl halides is 1. The molecule has 0 spiro atoms. The smallest absolute Gasteiger partial charge is 0.278 e.